The number of carbonyl (C=O) groups is 2. The number of nitrogens with zero attached hydrogens (tertiary/aromatic N) is 2. The van der Waals surface area contributed by atoms with Gasteiger partial charge in [-0.2, -0.15) is 0 Å². The molecule has 0 bridgehead atoms. The monoisotopic (exact) mass is 283 g/mol. The van der Waals surface area contributed by atoms with Crippen LogP contribution in [0.2, 0.25) is 0 Å². The number of carboxylic acids is 1. The minimum absolute atomic E-state index is 0.175. The lowest BCUT2D eigenvalue weighted by Crippen LogP contribution is -2.42. The van der Waals surface area contributed by atoms with E-state index >= 15 is 0 Å². The van der Waals surface area contributed by atoms with Crippen molar-refractivity contribution in [3.05, 3.63) is 16.1 Å². The Morgan fingerprint density at radius 2 is 2.37 bits per heavy atom. The summed E-state index contributed by atoms with van der Waals surface area (Å²) >= 11 is 1.42. The van der Waals surface area contributed by atoms with Crippen molar-refractivity contribution in [1.82, 2.24) is 9.88 Å². The van der Waals surface area contributed by atoms with E-state index in [0.29, 0.717) is 31.6 Å². The number of aliphatic carboxylic acids is 1. The topological polar surface area (TPSA) is 96.5 Å². The molecule has 1 aromatic rings. The van der Waals surface area contributed by atoms with Gasteiger partial charge in [-0.25, -0.2) is 4.98 Å². The molecule has 6 nitrogen and oxygen atoms in total. The molecule has 7 heteroatoms. The number of amides is 1. The van der Waals surface area contributed by atoms with E-state index in [1.165, 1.54) is 11.3 Å². The minimum atomic E-state index is -0.834. The number of thiazole rings is 1. The second-order valence-corrected chi connectivity index (χ2v) is 5.54. The van der Waals surface area contributed by atoms with Crippen molar-refractivity contribution in [2.45, 2.75) is 19.3 Å². The summed E-state index contributed by atoms with van der Waals surface area (Å²) < 4.78 is 0. The summed E-state index contributed by atoms with van der Waals surface area (Å²) in [6.45, 7) is 1.39. The molecule has 0 radical (unpaired) electrons. The number of aromatic nitrogens is 1. The molecule has 1 aliphatic heterocycles. The third kappa shape index (κ3) is 3.30. The second-order valence-electron chi connectivity index (χ2n) is 4.59. The lowest BCUT2D eigenvalue weighted by Gasteiger charge is -2.30. The Morgan fingerprint density at radius 1 is 1.58 bits per heavy atom. The Labute approximate surface area is 115 Å². The third-order valence-electron chi connectivity index (χ3n) is 3.19. The van der Waals surface area contributed by atoms with Crippen molar-refractivity contribution in [3.8, 4) is 0 Å². The van der Waals surface area contributed by atoms with Crippen LogP contribution in [0.25, 0.3) is 0 Å². The van der Waals surface area contributed by atoms with Crippen LogP contribution in [0.1, 0.15) is 28.3 Å². The van der Waals surface area contributed by atoms with Crippen molar-refractivity contribution in [3.63, 3.8) is 0 Å². The Kier molecular flexibility index (Phi) is 4.49. The fourth-order valence-corrected chi connectivity index (χ4v) is 2.96. The van der Waals surface area contributed by atoms with E-state index in [2.05, 4.69) is 4.98 Å². The molecule has 1 atom stereocenters. The van der Waals surface area contributed by atoms with E-state index in [1.54, 1.807) is 10.3 Å². The summed E-state index contributed by atoms with van der Waals surface area (Å²) in [5, 5.41) is 11.6. The van der Waals surface area contributed by atoms with E-state index in [0.717, 1.165) is 11.4 Å². The molecule has 1 saturated heterocycles. The standard InChI is InChI=1S/C12H17N3O3S/c13-4-3-10-14-9(7-19-10)11(16)15-5-1-2-8(6-15)12(17)18/h7-8H,1-6,13H2,(H,17,18). The highest BCUT2D eigenvalue weighted by Gasteiger charge is 2.29. The van der Waals surface area contributed by atoms with Gasteiger partial charge in [-0.1, -0.05) is 0 Å². The highest BCUT2D eigenvalue weighted by Crippen LogP contribution is 2.19. The van der Waals surface area contributed by atoms with Crippen LogP contribution in [0.4, 0.5) is 0 Å². The molecule has 2 heterocycles. The van der Waals surface area contributed by atoms with Crippen LogP contribution in [-0.4, -0.2) is 46.5 Å². The number of hydrogen-bond acceptors (Lipinski definition) is 5. The van der Waals surface area contributed by atoms with Crippen LogP contribution >= 0.6 is 11.3 Å². The van der Waals surface area contributed by atoms with E-state index in [-0.39, 0.29) is 12.5 Å². The van der Waals surface area contributed by atoms with Crippen LogP contribution in [0.3, 0.4) is 0 Å². The third-order valence-corrected chi connectivity index (χ3v) is 4.10. The van der Waals surface area contributed by atoms with Gasteiger partial charge in [0.2, 0.25) is 0 Å². The number of carboxylic acid groups (broad SMARTS) is 1. The first-order valence-electron chi connectivity index (χ1n) is 6.28. The highest BCUT2D eigenvalue weighted by atomic mass is 32.1. The Hall–Kier alpha value is -1.47. The summed E-state index contributed by atoms with van der Waals surface area (Å²) in [6, 6.07) is 0. The average Bonchev–Trinajstić information content (AvgIpc) is 2.87. The molecule has 2 rings (SSSR count). The van der Waals surface area contributed by atoms with Gasteiger partial charge in [0.15, 0.2) is 0 Å². The maximum absolute atomic E-state index is 12.2. The molecule has 1 fully saturated rings. The largest absolute Gasteiger partial charge is 0.481 e. The molecule has 0 saturated carbocycles. The molecule has 1 aliphatic rings. The van der Waals surface area contributed by atoms with Crippen molar-refractivity contribution < 1.29 is 14.7 Å². The Morgan fingerprint density at radius 3 is 3.05 bits per heavy atom. The van der Waals surface area contributed by atoms with Gasteiger partial charge in [-0.15, -0.1) is 11.3 Å². The maximum atomic E-state index is 12.2. The summed E-state index contributed by atoms with van der Waals surface area (Å²) in [5.74, 6) is -1.47. The fourth-order valence-electron chi connectivity index (χ4n) is 2.17. The second kappa shape index (κ2) is 6.12. The molecule has 0 aliphatic carbocycles. The molecule has 19 heavy (non-hydrogen) atoms. The van der Waals surface area contributed by atoms with Crippen molar-refractivity contribution in [2.24, 2.45) is 11.7 Å². The smallest absolute Gasteiger partial charge is 0.308 e. The van der Waals surface area contributed by atoms with Crippen LogP contribution < -0.4 is 5.73 Å². The van der Waals surface area contributed by atoms with Gasteiger partial charge in [0, 0.05) is 24.9 Å². The summed E-state index contributed by atoms with van der Waals surface area (Å²) in [5.41, 5.74) is 5.85. The lowest BCUT2D eigenvalue weighted by molar-refractivity contribution is -0.143. The molecule has 0 aromatic carbocycles. The quantitative estimate of drug-likeness (QED) is 0.842. The van der Waals surface area contributed by atoms with Crippen molar-refractivity contribution >= 4 is 23.2 Å². The number of hydrogen-bond donors (Lipinski definition) is 2. The SMILES string of the molecule is NCCc1nc(C(=O)N2CCCC(C(=O)O)C2)cs1. The number of likely N-dealkylation sites (tertiary alicyclic amines) is 1. The zero-order chi connectivity index (χ0) is 13.8. The highest BCUT2D eigenvalue weighted by molar-refractivity contribution is 7.09. The fraction of sp³-hybridized carbons (Fsp3) is 0.583. The average molecular weight is 283 g/mol. The normalized spacial score (nSPS) is 19.4. The molecule has 3 N–H and O–H groups in total. The molecular formula is C12H17N3O3S. The first-order chi connectivity index (χ1) is 9.11. The van der Waals surface area contributed by atoms with Crippen LogP contribution in [0, 0.1) is 5.92 Å². The first-order valence-corrected chi connectivity index (χ1v) is 7.16. The van der Waals surface area contributed by atoms with Crippen molar-refractivity contribution in [1.29, 1.82) is 0 Å². The van der Waals surface area contributed by atoms with E-state index in [9.17, 15) is 9.59 Å². The Bertz CT molecular complexity index is 475. The van der Waals surface area contributed by atoms with Gasteiger partial charge in [-0.3, -0.25) is 9.59 Å². The van der Waals surface area contributed by atoms with Crippen LogP contribution in [-0.2, 0) is 11.2 Å². The lowest BCUT2D eigenvalue weighted by atomic mass is 9.98. The molecular weight excluding hydrogens is 266 g/mol. The zero-order valence-corrected chi connectivity index (χ0v) is 11.4. The predicted octanol–water partition coefficient (Wildman–Crippen LogP) is 0.581. The molecule has 0 spiro atoms. The molecule has 104 valence electrons. The van der Waals surface area contributed by atoms with Gasteiger partial charge >= 0.3 is 5.97 Å². The predicted molar refractivity (Wildman–Crippen MR) is 71.1 cm³/mol. The maximum Gasteiger partial charge on any atom is 0.308 e. The van der Waals surface area contributed by atoms with Gasteiger partial charge in [-0.05, 0) is 19.4 Å². The molecule has 1 unspecified atom stereocenters. The summed E-state index contributed by atoms with van der Waals surface area (Å²) in [6.07, 6.45) is 2.02. The van der Waals surface area contributed by atoms with Crippen molar-refractivity contribution in [2.75, 3.05) is 19.6 Å². The number of rotatable bonds is 4. The minimum Gasteiger partial charge on any atom is -0.481 e. The van der Waals surface area contributed by atoms with Gasteiger partial charge in [0.05, 0.1) is 10.9 Å². The summed E-state index contributed by atoms with van der Waals surface area (Å²) in [4.78, 5) is 29.0. The van der Waals surface area contributed by atoms with Gasteiger partial charge < -0.3 is 15.7 Å². The number of nitrogens with two attached hydrogens (primary N) is 1. The zero-order valence-electron chi connectivity index (χ0n) is 10.5. The van der Waals surface area contributed by atoms with Crippen LogP contribution in [0.15, 0.2) is 5.38 Å². The first kappa shape index (κ1) is 14.0. The Balaban J connectivity index is 2.03. The van der Waals surface area contributed by atoms with E-state index in [4.69, 9.17) is 10.8 Å². The number of piperidine rings is 1. The summed E-state index contributed by atoms with van der Waals surface area (Å²) in [7, 11) is 0. The van der Waals surface area contributed by atoms with Gasteiger partial charge in [0.25, 0.3) is 5.91 Å². The van der Waals surface area contributed by atoms with E-state index < -0.39 is 11.9 Å². The van der Waals surface area contributed by atoms with Gasteiger partial charge in [0.1, 0.15) is 5.69 Å². The molecule has 1 amide bonds. The van der Waals surface area contributed by atoms with Crippen LogP contribution in [0.5, 0.6) is 0 Å². The number of carbonyl (C=O) groups excluding carboxylic acids is 1. The van der Waals surface area contributed by atoms with E-state index in [1.807, 2.05) is 0 Å². The molecule has 1 aromatic heterocycles.